The second kappa shape index (κ2) is 3.85. The van der Waals surface area contributed by atoms with Crippen molar-refractivity contribution in [3.05, 3.63) is 0 Å². The summed E-state index contributed by atoms with van der Waals surface area (Å²) in [6.45, 7) is 5.65. The summed E-state index contributed by atoms with van der Waals surface area (Å²) in [7, 11) is 0. The van der Waals surface area contributed by atoms with E-state index in [0.29, 0.717) is 6.54 Å². The molecule has 0 aromatic heterocycles. The van der Waals surface area contributed by atoms with E-state index in [9.17, 15) is 0 Å². The maximum Gasteiger partial charge on any atom is 0.114 e. The van der Waals surface area contributed by atoms with E-state index in [-0.39, 0.29) is 0 Å². The summed E-state index contributed by atoms with van der Waals surface area (Å²) in [5.74, 6) is 0. The van der Waals surface area contributed by atoms with Gasteiger partial charge in [0.15, 0.2) is 0 Å². The summed E-state index contributed by atoms with van der Waals surface area (Å²) in [6.07, 6.45) is 0. The lowest BCUT2D eigenvalue weighted by Crippen LogP contribution is -2.50. The molecule has 4 nitrogen and oxygen atoms in total. The van der Waals surface area contributed by atoms with Gasteiger partial charge >= 0.3 is 0 Å². The molecule has 0 spiro atoms. The SMILES string of the molecule is CC(N)(C#N)CN1CCOCC1. The van der Waals surface area contributed by atoms with Crippen LogP contribution in [-0.2, 0) is 4.74 Å². The fourth-order valence-electron chi connectivity index (χ4n) is 1.26. The molecule has 1 saturated heterocycles. The van der Waals surface area contributed by atoms with Crippen molar-refractivity contribution in [1.82, 2.24) is 4.90 Å². The van der Waals surface area contributed by atoms with Crippen LogP contribution in [0.2, 0.25) is 0 Å². The molecule has 0 radical (unpaired) electrons. The van der Waals surface area contributed by atoms with Crippen LogP contribution in [0.5, 0.6) is 0 Å². The Kier molecular flexibility index (Phi) is 3.04. The average molecular weight is 169 g/mol. The second-order valence-corrected chi connectivity index (χ2v) is 3.42. The van der Waals surface area contributed by atoms with Crippen molar-refractivity contribution in [2.75, 3.05) is 32.8 Å². The molecular formula is C8H15N3O. The van der Waals surface area contributed by atoms with Crippen LogP contribution >= 0.6 is 0 Å². The smallest absolute Gasteiger partial charge is 0.114 e. The average Bonchev–Trinajstić information content (AvgIpc) is 2.06. The number of nitrogens with two attached hydrogens (primary N) is 1. The van der Waals surface area contributed by atoms with Gasteiger partial charge in [0, 0.05) is 19.6 Å². The minimum absolute atomic E-state index is 0.632. The first-order chi connectivity index (χ1) is 5.64. The van der Waals surface area contributed by atoms with Gasteiger partial charge in [0.05, 0.1) is 19.3 Å². The number of nitrogens with zero attached hydrogens (tertiary/aromatic N) is 2. The molecule has 1 atom stereocenters. The molecule has 1 rings (SSSR count). The van der Waals surface area contributed by atoms with E-state index in [4.69, 9.17) is 15.7 Å². The Hall–Kier alpha value is -0.630. The lowest BCUT2D eigenvalue weighted by molar-refractivity contribution is 0.0326. The summed E-state index contributed by atoms with van der Waals surface area (Å²) < 4.78 is 5.18. The molecule has 1 fully saturated rings. The Bertz CT molecular complexity index is 179. The first-order valence-electron chi connectivity index (χ1n) is 4.14. The molecule has 12 heavy (non-hydrogen) atoms. The Morgan fingerprint density at radius 1 is 1.58 bits per heavy atom. The van der Waals surface area contributed by atoms with Crippen LogP contribution in [0.3, 0.4) is 0 Å². The lowest BCUT2D eigenvalue weighted by Gasteiger charge is -2.30. The van der Waals surface area contributed by atoms with E-state index in [0.717, 1.165) is 26.3 Å². The van der Waals surface area contributed by atoms with E-state index >= 15 is 0 Å². The molecule has 0 saturated carbocycles. The quantitative estimate of drug-likeness (QED) is 0.608. The van der Waals surface area contributed by atoms with Crippen LogP contribution in [0, 0.1) is 11.3 Å². The highest BCUT2D eigenvalue weighted by Gasteiger charge is 2.22. The molecular weight excluding hydrogens is 154 g/mol. The topological polar surface area (TPSA) is 62.3 Å². The fraction of sp³-hybridized carbons (Fsp3) is 0.875. The normalized spacial score (nSPS) is 24.4. The van der Waals surface area contributed by atoms with Gasteiger partial charge in [0.2, 0.25) is 0 Å². The highest BCUT2D eigenvalue weighted by molar-refractivity contribution is 5.03. The summed E-state index contributed by atoms with van der Waals surface area (Å²) in [5.41, 5.74) is 4.98. The summed E-state index contributed by atoms with van der Waals surface area (Å²) in [6, 6.07) is 2.08. The monoisotopic (exact) mass is 169 g/mol. The first kappa shape index (κ1) is 9.46. The Labute approximate surface area is 72.9 Å². The number of morpholine rings is 1. The van der Waals surface area contributed by atoms with Crippen molar-refractivity contribution in [2.45, 2.75) is 12.5 Å². The zero-order valence-corrected chi connectivity index (χ0v) is 7.42. The molecule has 0 aromatic carbocycles. The maximum atomic E-state index is 8.69. The number of hydrogen-bond acceptors (Lipinski definition) is 4. The van der Waals surface area contributed by atoms with E-state index in [2.05, 4.69) is 11.0 Å². The summed E-state index contributed by atoms with van der Waals surface area (Å²) in [4.78, 5) is 2.16. The number of ether oxygens (including phenoxy) is 1. The van der Waals surface area contributed by atoms with Crippen molar-refractivity contribution in [2.24, 2.45) is 5.73 Å². The van der Waals surface area contributed by atoms with Crippen LogP contribution in [-0.4, -0.2) is 43.3 Å². The van der Waals surface area contributed by atoms with Crippen LogP contribution in [0.4, 0.5) is 0 Å². The molecule has 1 aliphatic heterocycles. The van der Waals surface area contributed by atoms with E-state index in [1.54, 1.807) is 6.92 Å². The number of hydrogen-bond donors (Lipinski definition) is 1. The van der Waals surface area contributed by atoms with Gasteiger partial charge in [0.1, 0.15) is 5.54 Å². The molecule has 2 N–H and O–H groups in total. The molecule has 4 heteroatoms. The lowest BCUT2D eigenvalue weighted by atomic mass is 10.1. The van der Waals surface area contributed by atoms with Crippen LogP contribution in [0.15, 0.2) is 0 Å². The number of nitriles is 1. The second-order valence-electron chi connectivity index (χ2n) is 3.42. The van der Waals surface area contributed by atoms with Crippen molar-refractivity contribution >= 4 is 0 Å². The van der Waals surface area contributed by atoms with Crippen LogP contribution < -0.4 is 5.73 Å². The molecule has 68 valence electrons. The van der Waals surface area contributed by atoms with Crippen molar-refractivity contribution < 1.29 is 4.74 Å². The standard InChI is InChI=1S/C8H15N3O/c1-8(10,6-9)7-11-2-4-12-5-3-11/h2-5,7,10H2,1H3. The predicted molar refractivity (Wildman–Crippen MR) is 45.5 cm³/mol. The van der Waals surface area contributed by atoms with Gasteiger partial charge in [-0.1, -0.05) is 0 Å². The van der Waals surface area contributed by atoms with Crippen LogP contribution in [0.1, 0.15) is 6.92 Å². The zero-order chi connectivity index (χ0) is 9.03. The predicted octanol–water partition coefficient (Wildman–Crippen LogP) is -0.440. The molecule has 1 heterocycles. The summed E-state index contributed by atoms with van der Waals surface area (Å²) >= 11 is 0. The largest absolute Gasteiger partial charge is 0.379 e. The molecule has 0 bridgehead atoms. The van der Waals surface area contributed by atoms with Gasteiger partial charge in [-0.3, -0.25) is 4.90 Å². The molecule has 0 aliphatic carbocycles. The molecule has 1 unspecified atom stereocenters. The molecule has 0 aromatic rings. The molecule has 1 aliphatic rings. The van der Waals surface area contributed by atoms with Crippen molar-refractivity contribution in [3.63, 3.8) is 0 Å². The third kappa shape index (κ3) is 2.78. The van der Waals surface area contributed by atoms with E-state index in [1.807, 2.05) is 0 Å². The zero-order valence-electron chi connectivity index (χ0n) is 7.42. The Morgan fingerprint density at radius 3 is 2.67 bits per heavy atom. The number of rotatable bonds is 2. The van der Waals surface area contributed by atoms with Crippen LogP contribution in [0.25, 0.3) is 0 Å². The van der Waals surface area contributed by atoms with E-state index in [1.165, 1.54) is 0 Å². The van der Waals surface area contributed by atoms with Gasteiger partial charge in [-0.05, 0) is 6.92 Å². The third-order valence-corrected chi connectivity index (χ3v) is 1.91. The third-order valence-electron chi connectivity index (χ3n) is 1.91. The highest BCUT2D eigenvalue weighted by Crippen LogP contribution is 2.03. The van der Waals surface area contributed by atoms with E-state index < -0.39 is 5.54 Å². The fourth-order valence-corrected chi connectivity index (χ4v) is 1.26. The van der Waals surface area contributed by atoms with Gasteiger partial charge in [0.25, 0.3) is 0 Å². The minimum atomic E-state index is -0.725. The van der Waals surface area contributed by atoms with Gasteiger partial charge < -0.3 is 10.5 Å². The van der Waals surface area contributed by atoms with Gasteiger partial charge in [-0.2, -0.15) is 5.26 Å². The van der Waals surface area contributed by atoms with Gasteiger partial charge in [-0.25, -0.2) is 0 Å². The highest BCUT2D eigenvalue weighted by atomic mass is 16.5. The minimum Gasteiger partial charge on any atom is -0.379 e. The van der Waals surface area contributed by atoms with Gasteiger partial charge in [-0.15, -0.1) is 0 Å². The maximum absolute atomic E-state index is 8.69. The first-order valence-corrected chi connectivity index (χ1v) is 4.14. The van der Waals surface area contributed by atoms with Crippen molar-refractivity contribution in [1.29, 1.82) is 5.26 Å². The Morgan fingerprint density at radius 2 is 2.17 bits per heavy atom. The van der Waals surface area contributed by atoms with Crippen molar-refractivity contribution in [3.8, 4) is 6.07 Å². The molecule has 0 amide bonds. The Balaban J connectivity index is 2.35. The summed E-state index contributed by atoms with van der Waals surface area (Å²) in [5, 5.41) is 8.69.